The Kier molecular flexibility index (Phi) is 7.21. The van der Waals surface area contributed by atoms with Crippen LogP contribution in [0.25, 0.3) is 10.8 Å². The molecule has 5 nitrogen and oxygen atoms in total. The summed E-state index contributed by atoms with van der Waals surface area (Å²) in [5.41, 5.74) is 2.67. The predicted molar refractivity (Wildman–Crippen MR) is 132 cm³/mol. The molecule has 1 aliphatic rings. The largest absolute Gasteiger partial charge is 0.372 e. The Morgan fingerprint density at radius 2 is 2.00 bits per heavy atom. The number of carbonyl (C=O) groups excluding carboxylic acids is 1. The zero-order chi connectivity index (χ0) is 23.5. The summed E-state index contributed by atoms with van der Waals surface area (Å²) >= 11 is 12.4. The second-order valence-electron chi connectivity index (χ2n) is 8.37. The van der Waals surface area contributed by atoms with E-state index >= 15 is 0 Å². The molecular formula is C26H25Cl2N3O2. The topological polar surface area (TPSA) is 65.4 Å². The molecule has 7 heteroatoms. The second-order valence-corrected chi connectivity index (χ2v) is 9.18. The van der Waals surface area contributed by atoms with E-state index in [1.807, 2.05) is 61.3 Å². The van der Waals surface area contributed by atoms with Crippen molar-refractivity contribution >= 4 is 39.9 Å². The molecule has 1 heterocycles. The summed E-state index contributed by atoms with van der Waals surface area (Å²) in [7, 11) is 1.88. The van der Waals surface area contributed by atoms with Crippen LogP contribution in [0.3, 0.4) is 0 Å². The van der Waals surface area contributed by atoms with Gasteiger partial charge in [-0.1, -0.05) is 53.5 Å². The molecule has 3 aromatic rings. The SMILES string of the molecule is CNC[C@H](CN1C[C@@H](C)OCc2c(C#N)cc3ccccc3c2C1=O)c1ccc(Cl)c(Cl)c1. The van der Waals surface area contributed by atoms with Crippen molar-refractivity contribution in [2.75, 3.05) is 26.7 Å². The molecule has 0 bridgehead atoms. The molecule has 0 saturated carbocycles. The van der Waals surface area contributed by atoms with Gasteiger partial charge < -0.3 is 15.0 Å². The Morgan fingerprint density at radius 3 is 2.73 bits per heavy atom. The van der Waals surface area contributed by atoms with Crippen LogP contribution in [0, 0.1) is 11.3 Å². The lowest BCUT2D eigenvalue weighted by atomic mass is 9.92. The monoisotopic (exact) mass is 481 g/mol. The van der Waals surface area contributed by atoms with Gasteiger partial charge in [0.15, 0.2) is 0 Å². The molecule has 4 rings (SSSR count). The number of hydrogen-bond acceptors (Lipinski definition) is 4. The summed E-state index contributed by atoms with van der Waals surface area (Å²) < 4.78 is 6.06. The Balaban J connectivity index is 1.79. The van der Waals surface area contributed by atoms with E-state index in [4.69, 9.17) is 27.9 Å². The van der Waals surface area contributed by atoms with Crippen molar-refractivity contribution in [2.45, 2.75) is 25.6 Å². The lowest BCUT2D eigenvalue weighted by Crippen LogP contribution is -2.43. The number of rotatable bonds is 5. The molecule has 1 amide bonds. The normalized spacial score (nSPS) is 17.2. The summed E-state index contributed by atoms with van der Waals surface area (Å²) in [6, 6.07) is 17.4. The molecule has 3 aromatic carbocycles. The van der Waals surface area contributed by atoms with Crippen LogP contribution in [0.5, 0.6) is 0 Å². The van der Waals surface area contributed by atoms with E-state index in [2.05, 4.69) is 11.4 Å². The zero-order valence-corrected chi connectivity index (χ0v) is 20.1. The lowest BCUT2D eigenvalue weighted by molar-refractivity contribution is 0.0175. The molecule has 1 aliphatic heterocycles. The van der Waals surface area contributed by atoms with Gasteiger partial charge in [0.25, 0.3) is 5.91 Å². The standard InChI is InChI=1S/C26H25Cl2N3O2/c1-16-13-31(14-20(12-30-2)17-7-8-23(27)24(28)10-17)26(32)25-21-6-4-3-5-18(21)9-19(11-29)22(25)15-33-16/h3-10,16,20,30H,12-15H2,1-2H3/t16-,20-/m1/s1. The lowest BCUT2D eigenvalue weighted by Gasteiger charge is -2.33. The highest BCUT2D eigenvalue weighted by Gasteiger charge is 2.30. The van der Waals surface area contributed by atoms with Gasteiger partial charge in [0, 0.05) is 31.1 Å². The van der Waals surface area contributed by atoms with Crippen molar-refractivity contribution in [1.82, 2.24) is 10.2 Å². The van der Waals surface area contributed by atoms with E-state index in [1.54, 1.807) is 6.07 Å². The molecule has 0 saturated heterocycles. The van der Waals surface area contributed by atoms with Crippen LogP contribution in [0.4, 0.5) is 0 Å². The maximum atomic E-state index is 14.0. The minimum Gasteiger partial charge on any atom is -0.372 e. The number of fused-ring (bicyclic) bond motifs is 3. The number of halogens is 2. The van der Waals surface area contributed by atoms with Gasteiger partial charge in [-0.2, -0.15) is 5.26 Å². The smallest absolute Gasteiger partial charge is 0.255 e. The predicted octanol–water partition coefficient (Wildman–Crippen LogP) is 5.38. The van der Waals surface area contributed by atoms with Gasteiger partial charge in [-0.25, -0.2) is 0 Å². The van der Waals surface area contributed by atoms with Crippen LogP contribution in [-0.4, -0.2) is 43.6 Å². The fourth-order valence-electron chi connectivity index (χ4n) is 4.44. The molecule has 0 aromatic heterocycles. The van der Waals surface area contributed by atoms with E-state index in [-0.39, 0.29) is 24.5 Å². The third kappa shape index (κ3) is 4.85. The molecule has 170 valence electrons. The number of nitrogens with zero attached hydrogens (tertiary/aromatic N) is 2. The molecule has 33 heavy (non-hydrogen) atoms. The van der Waals surface area contributed by atoms with Gasteiger partial charge in [0.1, 0.15) is 0 Å². The van der Waals surface area contributed by atoms with Crippen molar-refractivity contribution < 1.29 is 9.53 Å². The van der Waals surface area contributed by atoms with Crippen LogP contribution >= 0.6 is 23.2 Å². The Hall–Kier alpha value is -2.62. The number of amides is 1. The average molecular weight is 482 g/mol. The second kappa shape index (κ2) is 10.1. The molecule has 1 N–H and O–H groups in total. The van der Waals surface area contributed by atoms with Crippen LogP contribution in [-0.2, 0) is 11.3 Å². The zero-order valence-electron chi connectivity index (χ0n) is 18.6. The van der Waals surface area contributed by atoms with E-state index in [0.29, 0.717) is 46.4 Å². The van der Waals surface area contributed by atoms with Gasteiger partial charge in [-0.15, -0.1) is 0 Å². The minimum absolute atomic E-state index is 0.00536. The number of carbonyl (C=O) groups is 1. The highest BCUT2D eigenvalue weighted by molar-refractivity contribution is 6.42. The third-order valence-corrected chi connectivity index (χ3v) is 6.81. The van der Waals surface area contributed by atoms with Gasteiger partial charge in [0.05, 0.1) is 40.0 Å². The van der Waals surface area contributed by atoms with Crippen LogP contribution in [0.1, 0.15) is 39.9 Å². The van der Waals surface area contributed by atoms with Crippen molar-refractivity contribution in [3.63, 3.8) is 0 Å². The van der Waals surface area contributed by atoms with Crippen molar-refractivity contribution in [1.29, 1.82) is 5.26 Å². The molecule has 0 fully saturated rings. The molecule has 2 atom stereocenters. The molecule has 0 aliphatic carbocycles. The van der Waals surface area contributed by atoms with Crippen molar-refractivity contribution in [3.8, 4) is 6.07 Å². The fourth-order valence-corrected chi connectivity index (χ4v) is 4.74. The first-order chi connectivity index (χ1) is 15.9. The van der Waals surface area contributed by atoms with Crippen molar-refractivity contribution in [2.24, 2.45) is 0 Å². The number of hydrogen-bond donors (Lipinski definition) is 1. The summed E-state index contributed by atoms with van der Waals surface area (Å²) in [5, 5.41) is 15.7. The molecule has 0 radical (unpaired) electrons. The first kappa shape index (κ1) is 23.5. The molecular weight excluding hydrogens is 457 g/mol. The van der Waals surface area contributed by atoms with E-state index < -0.39 is 0 Å². The minimum atomic E-state index is -0.177. The molecule has 0 spiro atoms. The number of nitrogens with one attached hydrogen (secondary N) is 1. The average Bonchev–Trinajstić information content (AvgIpc) is 2.81. The molecule has 0 unspecified atom stereocenters. The quantitative estimate of drug-likeness (QED) is 0.530. The van der Waals surface area contributed by atoms with E-state index in [0.717, 1.165) is 16.3 Å². The Morgan fingerprint density at radius 1 is 1.21 bits per heavy atom. The van der Waals surface area contributed by atoms with Crippen LogP contribution < -0.4 is 5.32 Å². The number of benzene rings is 3. The maximum absolute atomic E-state index is 14.0. The maximum Gasteiger partial charge on any atom is 0.255 e. The van der Waals surface area contributed by atoms with Crippen LogP contribution in [0.15, 0.2) is 48.5 Å². The summed E-state index contributed by atoms with van der Waals surface area (Å²) in [4.78, 5) is 15.8. The number of likely N-dealkylation sites (N-methyl/N-ethyl adjacent to an activating group) is 1. The van der Waals surface area contributed by atoms with Gasteiger partial charge in [-0.05, 0) is 48.5 Å². The fraction of sp³-hybridized carbons (Fsp3) is 0.308. The summed E-state index contributed by atoms with van der Waals surface area (Å²) in [5.74, 6) is -0.0937. The first-order valence-corrected chi connectivity index (χ1v) is 11.6. The van der Waals surface area contributed by atoms with E-state index in [1.165, 1.54) is 0 Å². The number of nitriles is 1. The highest BCUT2D eigenvalue weighted by Crippen LogP contribution is 2.32. The van der Waals surface area contributed by atoms with Gasteiger partial charge in [0.2, 0.25) is 0 Å². The van der Waals surface area contributed by atoms with Crippen molar-refractivity contribution in [3.05, 3.63) is 80.8 Å². The first-order valence-electron chi connectivity index (χ1n) is 10.9. The Labute approximate surface area is 203 Å². The number of ether oxygens (including phenoxy) is 1. The van der Waals surface area contributed by atoms with Gasteiger partial charge in [-0.3, -0.25) is 4.79 Å². The van der Waals surface area contributed by atoms with Gasteiger partial charge >= 0.3 is 0 Å². The van der Waals surface area contributed by atoms with Crippen LogP contribution in [0.2, 0.25) is 10.0 Å². The highest BCUT2D eigenvalue weighted by atomic mass is 35.5. The Bertz CT molecular complexity index is 1240. The van der Waals surface area contributed by atoms with E-state index in [9.17, 15) is 10.1 Å². The third-order valence-electron chi connectivity index (χ3n) is 6.07. The summed E-state index contributed by atoms with van der Waals surface area (Å²) in [6.07, 6.45) is -0.177. The summed E-state index contributed by atoms with van der Waals surface area (Å²) in [6.45, 7) is 3.75.